The van der Waals surface area contributed by atoms with Gasteiger partial charge < -0.3 is 5.11 Å². The number of carboxylic acid groups (broad SMARTS) is 1. The smallest absolute Gasteiger partial charge is 0.335 e. The molecule has 2 rings (SSSR count). The van der Waals surface area contributed by atoms with Crippen LogP contribution in [0.4, 0.5) is 0 Å². The second kappa shape index (κ2) is 4.95. The van der Waals surface area contributed by atoms with E-state index in [0.29, 0.717) is 24.6 Å². The summed E-state index contributed by atoms with van der Waals surface area (Å²) in [6.07, 6.45) is 1.68. The third-order valence-corrected chi connectivity index (χ3v) is 3.19. The summed E-state index contributed by atoms with van der Waals surface area (Å²) in [6, 6.07) is 7.02. The molecule has 1 aliphatic rings. The molecule has 1 aromatic carbocycles. The Morgan fingerprint density at radius 2 is 2.06 bits per heavy atom. The van der Waals surface area contributed by atoms with Crippen LogP contribution >= 0.6 is 0 Å². The SMILES string of the molecule is O=NN1CCC(c2cccc(C(=O)O)c2)CC1. The van der Waals surface area contributed by atoms with Crippen molar-refractivity contribution in [3.63, 3.8) is 0 Å². The Morgan fingerprint density at radius 3 is 2.65 bits per heavy atom. The Morgan fingerprint density at radius 1 is 1.35 bits per heavy atom. The van der Waals surface area contributed by atoms with Gasteiger partial charge in [0.15, 0.2) is 0 Å². The van der Waals surface area contributed by atoms with Crippen LogP contribution in [0.25, 0.3) is 0 Å². The average Bonchev–Trinajstić information content (AvgIpc) is 2.39. The molecule has 5 heteroatoms. The zero-order chi connectivity index (χ0) is 12.3. The first kappa shape index (κ1) is 11.6. The van der Waals surface area contributed by atoms with Gasteiger partial charge in [0.05, 0.1) is 10.8 Å². The van der Waals surface area contributed by atoms with Crippen LogP contribution in [0.15, 0.2) is 29.6 Å². The molecule has 0 unspecified atom stereocenters. The van der Waals surface area contributed by atoms with E-state index in [1.165, 1.54) is 5.01 Å². The van der Waals surface area contributed by atoms with Gasteiger partial charge in [-0.15, -0.1) is 4.91 Å². The van der Waals surface area contributed by atoms with E-state index in [1.54, 1.807) is 18.2 Å². The molecule has 1 aromatic rings. The molecule has 1 heterocycles. The summed E-state index contributed by atoms with van der Waals surface area (Å²) in [5, 5.41) is 13.3. The number of carboxylic acids is 1. The maximum Gasteiger partial charge on any atom is 0.335 e. The predicted octanol–water partition coefficient (Wildman–Crippen LogP) is 2.25. The number of carbonyl (C=O) groups is 1. The summed E-state index contributed by atoms with van der Waals surface area (Å²) in [5.74, 6) is -0.578. The van der Waals surface area contributed by atoms with E-state index < -0.39 is 5.97 Å². The average molecular weight is 234 g/mol. The largest absolute Gasteiger partial charge is 0.478 e. The maximum absolute atomic E-state index is 10.9. The van der Waals surface area contributed by atoms with Crippen molar-refractivity contribution in [1.82, 2.24) is 5.01 Å². The lowest BCUT2D eigenvalue weighted by molar-refractivity contribution is 0.0696. The molecule has 0 bridgehead atoms. The van der Waals surface area contributed by atoms with Crippen LogP contribution in [0.3, 0.4) is 0 Å². The summed E-state index contributed by atoms with van der Waals surface area (Å²) in [5.41, 5.74) is 1.36. The van der Waals surface area contributed by atoms with Crippen LogP contribution < -0.4 is 0 Å². The van der Waals surface area contributed by atoms with Crippen molar-refractivity contribution in [2.75, 3.05) is 13.1 Å². The Hall–Kier alpha value is -1.91. The molecule has 1 saturated heterocycles. The second-order valence-corrected chi connectivity index (χ2v) is 4.24. The standard InChI is InChI=1S/C12H14N2O3/c15-12(16)11-3-1-2-10(8-11)9-4-6-14(13-17)7-5-9/h1-3,8-9H,4-7H2,(H,15,16). The first-order valence-corrected chi connectivity index (χ1v) is 5.62. The van der Waals surface area contributed by atoms with Crippen molar-refractivity contribution in [2.24, 2.45) is 5.29 Å². The summed E-state index contributed by atoms with van der Waals surface area (Å²) >= 11 is 0. The summed E-state index contributed by atoms with van der Waals surface area (Å²) in [6.45, 7) is 1.29. The van der Waals surface area contributed by atoms with E-state index in [9.17, 15) is 9.70 Å². The van der Waals surface area contributed by atoms with Crippen molar-refractivity contribution < 1.29 is 9.90 Å². The molecule has 1 aliphatic heterocycles. The molecule has 0 atom stereocenters. The minimum atomic E-state index is -0.904. The predicted molar refractivity (Wildman–Crippen MR) is 62.7 cm³/mol. The van der Waals surface area contributed by atoms with Gasteiger partial charge in [-0.3, -0.25) is 5.01 Å². The highest BCUT2D eigenvalue weighted by atomic mass is 16.4. The minimum Gasteiger partial charge on any atom is -0.478 e. The zero-order valence-electron chi connectivity index (χ0n) is 9.37. The molecular weight excluding hydrogens is 220 g/mol. The second-order valence-electron chi connectivity index (χ2n) is 4.24. The first-order valence-electron chi connectivity index (χ1n) is 5.62. The molecule has 0 aromatic heterocycles. The molecule has 1 N–H and O–H groups in total. The molecule has 0 spiro atoms. The number of nitroso groups, excluding NO2 is 1. The van der Waals surface area contributed by atoms with Crippen LogP contribution in [0, 0.1) is 4.91 Å². The normalized spacial score (nSPS) is 16.8. The number of rotatable bonds is 3. The van der Waals surface area contributed by atoms with Crippen molar-refractivity contribution >= 4 is 5.97 Å². The molecule has 1 fully saturated rings. The highest BCUT2D eigenvalue weighted by Gasteiger charge is 2.20. The fraction of sp³-hybridized carbons (Fsp3) is 0.417. The van der Waals surface area contributed by atoms with Crippen LogP contribution in [-0.2, 0) is 0 Å². The van der Waals surface area contributed by atoms with E-state index in [0.717, 1.165) is 18.4 Å². The fourth-order valence-electron chi connectivity index (χ4n) is 2.21. The minimum absolute atomic E-state index is 0.318. The van der Waals surface area contributed by atoms with E-state index in [2.05, 4.69) is 5.29 Å². The van der Waals surface area contributed by atoms with Crippen molar-refractivity contribution in [2.45, 2.75) is 18.8 Å². The van der Waals surface area contributed by atoms with E-state index in [1.807, 2.05) is 6.07 Å². The van der Waals surface area contributed by atoms with Crippen LogP contribution in [-0.4, -0.2) is 29.2 Å². The Kier molecular flexibility index (Phi) is 3.37. The number of nitrogens with zero attached hydrogens (tertiary/aromatic N) is 2. The van der Waals surface area contributed by atoms with Gasteiger partial charge >= 0.3 is 5.97 Å². The Labute approximate surface area is 99.0 Å². The van der Waals surface area contributed by atoms with Gasteiger partial charge in [0.25, 0.3) is 0 Å². The van der Waals surface area contributed by atoms with E-state index >= 15 is 0 Å². The lowest BCUT2D eigenvalue weighted by atomic mass is 9.89. The van der Waals surface area contributed by atoms with Gasteiger partial charge in [0.1, 0.15) is 0 Å². The first-order chi connectivity index (χ1) is 8.20. The van der Waals surface area contributed by atoms with Gasteiger partial charge in [0, 0.05) is 13.1 Å². The van der Waals surface area contributed by atoms with Gasteiger partial charge in [-0.05, 0) is 36.5 Å². The van der Waals surface area contributed by atoms with Crippen molar-refractivity contribution in [3.8, 4) is 0 Å². The molecule has 0 saturated carbocycles. The summed E-state index contributed by atoms with van der Waals surface area (Å²) in [4.78, 5) is 21.2. The molecule has 90 valence electrons. The highest BCUT2D eigenvalue weighted by molar-refractivity contribution is 5.87. The number of hydrogen-bond acceptors (Lipinski definition) is 3. The van der Waals surface area contributed by atoms with Gasteiger partial charge in [-0.1, -0.05) is 12.1 Å². The topological polar surface area (TPSA) is 70.0 Å². The molecule has 0 amide bonds. The quantitative estimate of drug-likeness (QED) is 0.814. The molecule has 0 radical (unpaired) electrons. The van der Waals surface area contributed by atoms with Crippen LogP contribution in [0.5, 0.6) is 0 Å². The van der Waals surface area contributed by atoms with Crippen LogP contribution in [0.2, 0.25) is 0 Å². The molecular formula is C12H14N2O3. The molecule has 17 heavy (non-hydrogen) atoms. The number of benzene rings is 1. The van der Waals surface area contributed by atoms with Gasteiger partial charge in [-0.25, -0.2) is 4.79 Å². The fourth-order valence-corrected chi connectivity index (χ4v) is 2.21. The monoisotopic (exact) mass is 234 g/mol. The molecule has 5 nitrogen and oxygen atoms in total. The van der Waals surface area contributed by atoms with Gasteiger partial charge in [0.2, 0.25) is 0 Å². The van der Waals surface area contributed by atoms with E-state index in [4.69, 9.17) is 5.11 Å². The number of hydrogen-bond donors (Lipinski definition) is 1. The lowest BCUT2D eigenvalue weighted by Crippen LogP contribution is -2.28. The van der Waals surface area contributed by atoms with Crippen molar-refractivity contribution in [1.29, 1.82) is 0 Å². The Bertz CT molecular complexity index is 426. The highest BCUT2D eigenvalue weighted by Crippen LogP contribution is 2.28. The van der Waals surface area contributed by atoms with Crippen molar-refractivity contribution in [3.05, 3.63) is 40.3 Å². The number of aromatic carboxylic acids is 1. The van der Waals surface area contributed by atoms with Crippen LogP contribution in [0.1, 0.15) is 34.7 Å². The maximum atomic E-state index is 10.9. The molecule has 0 aliphatic carbocycles. The lowest BCUT2D eigenvalue weighted by Gasteiger charge is -2.27. The van der Waals surface area contributed by atoms with Gasteiger partial charge in [-0.2, -0.15) is 0 Å². The summed E-state index contributed by atoms with van der Waals surface area (Å²) in [7, 11) is 0. The third-order valence-electron chi connectivity index (χ3n) is 3.19. The Balaban J connectivity index is 2.10. The third kappa shape index (κ3) is 2.61. The number of piperidine rings is 1. The zero-order valence-corrected chi connectivity index (χ0v) is 9.37. The van der Waals surface area contributed by atoms with E-state index in [-0.39, 0.29) is 0 Å². The summed E-state index contributed by atoms with van der Waals surface area (Å²) < 4.78 is 0.